The number of alkyl halides is 3. The predicted molar refractivity (Wildman–Crippen MR) is 169 cm³/mol. The van der Waals surface area contributed by atoms with Crippen LogP contribution in [0.25, 0.3) is 11.0 Å². The van der Waals surface area contributed by atoms with E-state index < -0.39 is 113 Å². The van der Waals surface area contributed by atoms with Crippen LogP contribution >= 0.6 is 11.8 Å². The lowest BCUT2D eigenvalue weighted by Crippen LogP contribution is -2.59. The van der Waals surface area contributed by atoms with Gasteiger partial charge in [-0.1, -0.05) is 0 Å². The highest BCUT2D eigenvalue weighted by atomic mass is 32.2. The maximum absolute atomic E-state index is 13.4. The summed E-state index contributed by atoms with van der Waals surface area (Å²) in [6.07, 6.45) is -5.20. The summed E-state index contributed by atoms with van der Waals surface area (Å²) in [5, 5.41) is 38.7. The zero-order valence-electron chi connectivity index (χ0n) is 26.4. The third-order valence-corrected chi connectivity index (χ3v) is 7.37. The number of rotatable bonds is 18. The highest BCUT2D eigenvalue weighted by Gasteiger charge is 2.35. The molecule has 0 aliphatic heterocycles. The van der Waals surface area contributed by atoms with Gasteiger partial charge in [0, 0.05) is 36.6 Å². The van der Waals surface area contributed by atoms with Gasteiger partial charge in [0.15, 0.2) is 0 Å². The second kappa shape index (κ2) is 18.5. The van der Waals surface area contributed by atoms with Crippen molar-refractivity contribution in [3.63, 3.8) is 0 Å². The Labute approximate surface area is 284 Å². The fraction of sp³-hybridized carbons (Fsp3) is 0.448. The SMILES string of the molecule is CSCCC(NC(=O)C(CO)NC(=O)C(CCC(=O)O)NC(C)=O)C(=O)NC(CC(=O)O)C(=O)Nc1ccc2c(C(F)(F)F)cc(=O)oc2c1. The summed E-state index contributed by atoms with van der Waals surface area (Å²) in [7, 11) is 0. The van der Waals surface area contributed by atoms with Crippen LogP contribution in [0.1, 0.15) is 38.2 Å². The molecule has 2 aromatic rings. The van der Waals surface area contributed by atoms with Gasteiger partial charge in [0.2, 0.25) is 29.5 Å². The van der Waals surface area contributed by atoms with Crippen molar-refractivity contribution in [3.8, 4) is 0 Å². The minimum atomic E-state index is -4.90. The van der Waals surface area contributed by atoms with E-state index in [2.05, 4.69) is 26.6 Å². The molecule has 0 saturated carbocycles. The zero-order valence-corrected chi connectivity index (χ0v) is 27.2. The molecule has 274 valence electrons. The third-order valence-electron chi connectivity index (χ3n) is 6.73. The van der Waals surface area contributed by atoms with Crippen molar-refractivity contribution in [2.24, 2.45) is 0 Å². The van der Waals surface area contributed by atoms with Crippen LogP contribution in [0.15, 0.2) is 33.5 Å². The Bertz CT molecular complexity index is 1670. The molecular formula is C29H34F3N5O12S. The number of aliphatic hydroxyl groups excluding tert-OH is 1. The topological polar surface area (TPSA) is 271 Å². The zero-order chi connectivity index (χ0) is 37.8. The number of aliphatic carboxylic acids is 2. The molecule has 1 heterocycles. The number of carbonyl (C=O) groups excluding carboxylic acids is 5. The van der Waals surface area contributed by atoms with Gasteiger partial charge in [0.1, 0.15) is 29.8 Å². The lowest BCUT2D eigenvalue weighted by Gasteiger charge is -2.25. The minimum absolute atomic E-state index is 0.0926. The first kappa shape index (κ1) is 41.0. The smallest absolute Gasteiger partial charge is 0.417 e. The Morgan fingerprint density at radius 3 is 1.94 bits per heavy atom. The van der Waals surface area contributed by atoms with Crippen molar-refractivity contribution in [3.05, 3.63) is 40.2 Å². The standard InChI is InChI=1S/C29H34F3N5O12S/c1-13(39)33-17(5-6-22(40)41)25(45)37-20(12-38)28(48)35-18(7-8-50-2)26(46)36-19(11-23(42)43)27(47)34-14-3-4-15-16(29(30,31)32)10-24(44)49-21(15)9-14/h3-4,9-10,17-20,38H,5-8,11-12H2,1-2H3,(H,33,39)(H,34,47)(H,35,48)(H,36,46)(H,37,45)(H,40,41)(H,42,43). The number of hydrogen-bond donors (Lipinski definition) is 8. The monoisotopic (exact) mass is 733 g/mol. The van der Waals surface area contributed by atoms with Crippen molar-refractivity contribution in [2.75, 3.05) is 23.9 Å². The largest absolute Gasteiger partial charge is 0.481 e. The fourth-order valence-corrected chi connectivity index (χ4v) is 4.86. The van der Waals surface area contributed by atoms with Gasteiger partial charge in [-0.25, -0.2) is 4.79 Å². The fourth-order valence-electron chi connectivity index (χ4n) is 4.39. The number of benzene rings is 1. The first-order valence-electron chi connectivity index (χ1n) is 14.5. The van der Waals surface area contributed by atoms with E-state index >= 15 is 0 Å². The lowest BCUT2D eigenvalue weighted by molar-refractivity contribution is -0.140. The van der Waals surface area contributed by atoms with Crippen LogP contribution in [0.5, 0.6) is 0 Å². The van der Waals surface area contributed by atoms with Crippen molar-refractivity contribution in [1.29, 1.82) is 0 Å². The van der Waals surface area contributed by atoms with Gasteiger partial charge in [-0.3, -0.25) is 33.6 Å². The number of fused-ring (bicyclic) bond motifs is 1. The number of thioether (sulfide) groups is 1. The predicted octanol–water partition coefficient (Wildman–Crippen LogP) is -0.206. The van der Waals surface area contributed by atoms with E-state index in [9.17, 15) is 61.7 Å². The number of nitrogens with one attached hydrogen (secondary N) is 5. The molecule has 0 radical (unpaired) electrons. The Morgan fingerprint density at radius 1 is 0.820 bits per heavy atom. The van der Waals surface area contributed by atoms with E-state index in [0.29, 0.717) is 0 Å². The van der Waals surface area contributed by atoms with Crippen molar-refractivity contribution in [1.82, 2.24) is 21.3 Å². The number of anilines is 1. The molecule has 0 fully saturated rings. The Balaban J connectivity index is 2.25. The summed E-state index contributed by atoms with van der Waals surface area (Å²) in [5.74, 6) is -7.58. The molecule has 0 spiro atoms. The van der Waals surface area contributed by atoms with Crippen LogP contribution < -0.4 is 32.2 Å². The second-order valence-corrected chi connectivity index (χ2v) is 11.6. The maximum atomic E-state index is 13.4. The first-order valence-corrected chi connectivity index (χ1v) is 15.9. The van der Waals surface area contributed by atoms with Gasteiger partial charge < -0.3 is 46.3 Å². The summed E-state index contributed by atoms with van der Waals surface area (Å²) in [6.45, 7) is 0.0682. The minimum Gasteiger partial charge on any atom is -0.481 e. The Hall–Kier alpha value is -5.18. The van der Waals surface area contributed by atoms with Crippen LogP contribution in [0.2, 0.25) is 0 Å². The molecule has 2 rings (SSSR count). The normalized spacial score (nSPS) is 13.6. The van der Waals surface area contributed by atoms with Gasteiger partial charge >= 0.3 is 23.7 Å². The molecule has 1 aromatic heterocycles. The molecule has 5 amide bonds. The average molecular weight is 734 g/mol. The number of carboxylic acid groups (broad SMARTS) is 2. The molecule has 1 aromatic carbocycles. The van der Waals surface area contributed by atoms with Gasteiger partial charge in [-0.15, -0.1) is 0 Å². The lowest BCUT2D eigenvalue weighted by atomic mass is 10.1. The summed E-state index contributed by atoms with van der Waals surface area (Å²) >= 11 is 1.24. The van der Waals surface area contributed by atoms with E-state index in [1.165, 1.54) is 11.8 Å². The number of amides is 5. The van der Waals surface area contributed by atoms with E-state index in [1.54, 1.807) is 6.26 Å². The number of hydrogen-bond acceptors (Lipinski definition) is 11. The van der Waals surface area contributed by atoms with Crippen LogP contribution in [0.4, 0.5) is 18.9 Å². The van der Waals surface area contributed by atoms with Crippen molar-refractivity contribution >= 4 is 69.9 Å². The number of aliphatic hydroxyl groups is 1. The van der Waals surface area contributed by atoms with E-state index in [1.807, 2.05) is 0 Å². The number of carboxylic acids is 2. The van der Waals surface area contributed by atoms with Gasteiger partial charge in [-0.05, 0) is 37.0 Å². The number of carbonyl (C=O) groups is 7. The molecule has 0 aliphatic rings. The molecular weight excluding hydrogens is 699 g/mol. The molecule has 0 bridgehead atoms. The van der Waals surface area contributed by atoms with Gasteiger partial charge in [0.05, 0.1) is 18.6 Å². The van der Waals surface area contributed by atoms with Crippen molar-refractivity contribution < 1.29 is 66.5 Å². The Kier molecular flexibility index (Phi) is 15.2. The molecule has 4 unspecified atom stereocenters. The summed E-state index contributed by atoms with van der Waals surface area (Å²) in [4.78, 5) is 97.8. The Morgan fingerprint density at radius 2 is 1.40 bits per heavy atom. The van der Waals surface area contributed by atoms with E-state index in [-0.39, 0.29) is 30.3 Å². The molecule has 4 atom stereocenters. The van der Waals surface area contributed by atoms with Crippen LogP contribution in [0.3, 0.4) is 0 Å². The highest BCUT2D eigenvalue weighted by molar-refractivity contribution is 7.98. The number of halogens is 3. The quantitative estimate of drug-likeness (QED) is 0.0924. The summed E-state index contributed by atoms with van der Waals surface area (Å²) in [6, 6.07) is -3.26. The first-order chi connectivity index (χ1) is 23.4. The van der Waals surface area contributed by atoms with Crippen LogP contribution in [-0.2, 0) is 39.7 Å². The molecule has 17 nitrogen and oxygen atoms in total. The molecule has 0 aliphatic carbocycles. The second-order valence-electron chi connectivity index (χ2n) is 10.6. The summed E-state index contributed by atoms with van der Waals surface area (Å²) < 4.78 is 45.0. The highest BCUT2D eigenvalue weighted by Crippen LogP contribution is 2.34. The van der Waals surface area contributed by atoms with Crippen LogP contribution in [-0.4, -0.2) is 99.6 Å². The molecule has 0 saturated heterocycles. The average Bonchev–Trinajstić information content (AvgIpc) is 3.01. The van der Waals surface area contributed by atoms with Crippen molar-refractivity contribution in [2.45, 2.75) is 63.0 Å². The molecule has 50 heavy (non-hydrogen) atoms. The van der Waals surface area contributed by atoms with Crippen LogP contribution in [0, 0.1) is 0 Å². The van der Waals surface area contributed by atoms with E-state index in [4.69, 9.17) is 9.52 Å². The van der Waals surface area contributed by atoms with Gasteiger partial charge in [0.25, 0.3) is 0 Å². The van der Waals surface area contributed by atoms with Gasteiger partial charge in [-0.2, -0.15) is 24.9 Å². The molecule has 21 heteroatoms. The third kappa shape index (κ3) is 12.7. The van der Waals surface area contributed by atoms with E-state index in [0.717, 1.165) is 25.1 Å². The maximum Gasteiger partial charge on any atom is 0.417 e. The molecule has 8 N–H and O–H groups in total. The summed E-state index contributed by atoms with van der Waals surface area (Å²) in [5.41, 5.74) is -3.37.